The maximum Gasteiger partial charge on any atom is 0.323 e. The molecule has 0 aliphatic heterocycles. The molecule has 4 N–H and O–H groups in total. The number of hydrogen-bond donors (Lipinski definition) is 3. The number of amides is 2. The maximum absolute atomic E-state index is 11.2. The summed E-state index contributed by atoms with van der Waals surface area (Å²) in [6.07, 6.45) is 0. The van der Waals surface area contributed by atoms with E-state index in [2.05, 4.69) is 21.2 Å². The Morgan fingerprint density at radius 3 is 2.60 bits per heavy atom. The lowest BCUT2D eigenvalue weighted by Crippen LogP contribution is -2.39. The van der Waals surface area contributed by atoms with Crippen LogP contribution >= 0.6 is 15.9 Å². The second-order valence-electron chi connectivity index (χ2n) is 2.91. The van der Waals surface area contributed by atoms with E-state index in [-0.39, 0.29) is 0 Å². The molecule has 0 atom stereocenters. The second-order valence-corrected chi connectivity index (χ2v) is 3.77. The molecule has 1 aromatic carbocycles. The van der Waals surface area contributed by atoms with Crippen LogP contribution in [-0.4, -0.2) is 11.8 Å². The first-order chi connectivity index (χ1) is 7.04. The van der Waals surface area contributed by atoms with Gasteiger partial charge in [-0.25, -0.2) is 5.84 Å². The fraction of sp³-hybridized carbons (Fsp3) is 0.111. The van der Waals surface area contributed by atoms with E-state index in [1.165, 1.54) is 0 Å². The highest BCUT2D eigenvalue weighted by atomic mass is 79.9. The van der Waals surface area contributed by atoms with Gasteiger partial charge in [-0.3, -0.25) is 15.0 Å². The Bertz CT molecular complexity index is 406. The molecule has 0 saturated heterocycles. The molecule has 0 heterocycles. The van der Waals surface area contributed by atoms with Crippen LogP contribution in [-0.2, 0) is 9.59 Å². The van der Waals surface area contributed by atoms with Gasteiger partial charge in [0.2, 0.25) is 0 Å². The molecule has 0 aliphatic carbocycles. The molecule has 0 aliphatic rings. The number of carbonyl (C=O) groups is 2. The predicted molar refractivity (Wildman–Crippen MR) is 59.8 cm³/mol. The lowest BCUT2D eigenvalue weighted by molar-refractivity contribution is -0.136. The average Bonchev–Trinajstić information content (AvgIpc) is 2.22. The Kier molecular flexibility index (Phi) is 3.81. The van der Waals surface area contributed by atoms with Gasteiger partial charge < -0.3 is 5.32 Å². The molecular weight excluding hydrogens is 262 g/mol. The van der Waals surface area contributed by atoms with Gasteiger partial charge >= 0.3 is 11.8 Å². The zero-order valence-electron chi connectivity index (χ0n) is 8.00. The van der Waals surface area contributed by atoms with Crippen LogP contribution in [0.5, 0.6) is 0 Å². The van der Waals surface area contributed by atoms with Crippen molar-refractivity contribution in [2.45, 2.75) is 6.92 Å². The van der Waals surface area contributed by atoms with Crippen molar-refractivity contribution in [2.75, 3.05) is 5.32 Å². The zero-order chi connectivity index (χ0) is 11.4. The fourth-order valence-corrected chi connectivity index (χ4v) is 1.33. The molecule has 0 fully saturated rings. The molecular formula is C9H10BrN3O2. The number of nitrogens with two attached hydrogens (primary N) is 1. The van der Waals surface area contributed by atoms with Crippen LogP contribution < -0.4 is 16.6 Å². The molecule has 1 rings (SSSR count). The van der Waals surface area contributed by atoms with E-state index in [1.807, 2.05) is 13.0 Å². The molecule has 0 aromatic heterocycles. The summed E-state index contributed by atoms with van der Waals surface area (Å²) in [5.41, 5.74) is 3.26. The number of carbonyl (C=O) groups excluding carboxylic acids is 2. The van der Waals surface area contributed by atoms with Gasteiger partial charge in [-0.1, -0.05) is 6.07 Å². The van der Waals surface area contributed by atoms with E-state index in [4.69, 9.17) is 5.84 Å². The molecule has 1 aromatic rings. The van der Waals surface area contributed by atoms with Crippen molar-refractivity contribution in [3.05, 3.63) is 28.2 Å². The molecule has 0 bridgehead atoms. The van der Waals surface area contributed by atoms with Crippen LogP contribution in [0.15, 0.2) is 22.7 Å². The van der Waals surface area contributed by atoms with Crippen molar-refractivity contribution in [3.63, 3.8) is 0 Å². The Hall–Kier alpha value is -1.40. The first-order valence-electron chi connectivity index (χ1n) is 4.12. The van der Waals surface area contributed by atoms with Crippen LogP contribution in [0.25, 0.3) is 0 Å². The van der Waals surface area contributed by atoms with Gasteiger partial charge in [0.1, 0.15) is 0 Å². The molecule has 5 nitrogen and oxygen atoms in total. The third kappa shape index (κ3) is 3.03. The fourth-order valence-electron chi connectivity index (χ4n) is 0.980. The lowest BCUT2D eigenvalue weighted by Gasteiger charge is -2.06. The van der Waals surface area contributed by atoms with Gasteiger partial charge in [-0.2, -0.15) is 0 Å². The van der Waals surface area contributed by atoms with Crippen LogP contribution in [0.3, 0.4) is 0 Å². The average molecular weight is 272 g/mol. The topological polar surface area (TPSA) is 84.2 Å². The minimum Gasteiger partial charge on any atom is -0.317 e. The highest BCUT2D eigenvalue weighted by molar-refractivity contribution is 9.10. The van der Waals surface area contributed by atoms with Gasteiger partial charge in [0.15, 0.2) is 0 Å². The number of hydrogen-bond acceptors (Lipinski definition) is 3. The van der Waals surface area contributed by atoms with Crippen molar-refractivity contribution < 1.29 is 9.59 Å². The van der Waals surface area contributed by atoms with Crippen LogP contribution in [0.1, 0.15) is 5.56 Å². The number of halogens is 1. The highest BCUT2D eigenvalue weighted by Crippen LogP contribution is 2.23. The van der Waals surface area contributed by atoms with Crippen molar-refractivity contribution in [3.8, 4) is 0 Å². The maximum atomic E-state index is 11.2. The molecule has 80 valence electrons. The lowest BCUT2D eigenvalue weighted by atomic mass is 10.2. The van der Waals surface area contributed by atoms with Crippen molar-refractivity contribution in [1.29, 1.82) is 0 Å². The van der Waals surface area contributed by atoms with E-state index < -0.39 is 11.8 Å². The predicted octanol–water partition coefficient (Wildman–Crippen LogP) is 0.686. The summed E-state index contributed by atoms with van der Waals surface area (Å²) in [4.78, 5) is 22.0. The smallest absolute Gasteiger partial charge is 0.317 e. The summed E-state index contributed by atoms with van der Waals surface area (Å²) >= 11 is 3.25. The molecule has 2 amide bonds. The van der Waals surface area contributed by atoms with E-state index >= 15 is 0 Å². The zero-order valence-corrected chi connectivity index (χ0v) is 9.59. The quantitative estimate of drug-likeness (QED) is 0.304. The Balaban J connectivity index is 2.85. The van der Waals surface area contributed by atoms with Crippen LogP contribution in [0, 0.1) is 6.92 Å². The molecule has 0 radical (unpaired) electrons. The van der Waals surface area contributed by atoms with Crippen molar-refractivity contribution in [2.24, 2.45) is 5.84 Å². The van der Waals surface area contributed by atoms with Gasteiger partial charge in [0.25, 0.3) is 0 Å². The van der Waals surface area contributed by atoms with Crippen LogP contribution in [0.2, 0.25) is 0 Å². The number of rotatable bonds is 1. The van der Waals surface area contributed by atoms with Gasteiger partial charge in [0.05, 0.1) is 5.69 Å². The summed E-state index contributed by atoms with van der Waals surface area (Å²) in [5, 5.41) is 2.42. The van der Waals surface area contributed by atoms with E-state index in [9.17, 15) is 9.59 Å². The number of benzene rings is 1. The van der Waals surface area contributed by atoms with E-state index in [1.54, 1.807) is 17.6 Å². The standard InChI is InChI=1S/C9H10BrN3O2/c1-5-2-3-6(10)7(4-5)12-8(14)9(15)13-11/h2-4H,11H2,1H3,(H,12,14)(H,13,15). The summed E-state index contributed by atoms with van der Waals surface area (Å²) in [6.45, 7) is 1.88. The summed E-state index contributed by atoms with van der Waals surface area (Å²) in [5.74, 6) is 3.13. The Morgan fingerprint density at radius 1 is 1.33 bits per heavy atom. The Morgan fingerprint density at radius 2 is 2.00 bits per heavy atom. The molecule has 15 heavy (non-hydrogen) atoms. The van der Waals surface area contributed by atoms with Crippen molar-refractivity contribution >= 4 is 33.4 Å². The largest absolute Gasteiger partial charge is 0.323 e. The minimum absolute atomic E-state index is 0.531. The van der Waals surface area contributed by atoms with Gasteiger partial charge in [-0.15, -0.1) is 0 Å². The molecule has 6 heteroatoms. The van der Waals surface area contributed by atoms with Crippen molar-refractivity contribution in [1.82, 2.24) is 5.43 Å². The number of nitrogens with one attached hydrogen (secondary N) is 2. The third-order valence-electron chi connectivity index (χ3n) is 1.71. The Labute approximate surface area is 95.1 Å². The third-order valence-corrected chi connectivity index (χ3v) is 2.40. The van der Waals surface area contributed by atoms with E-state index in [0.717, 1.165) is 5.56 Å². The molecule has 0 unspecified atom stereocenters. The van der Waals surface area contributed by atoms with E-state index in [0.29, 0.717) is 10.2 Å². The van der Waals surface area contributed by atoms with Gasteiger partial charge in [0, 0.05) is 4.47 Å². The second kappa shape index (κ2) is 4.90. The highest BCUT2D eigenvalue weighted by Gasteiger charge is 2.13. The van der Waals surface area contributed by atoms with Crippen LogP contribution in [0.4, 0.5) is 5.69 Å². The molecule has 0 spiro atoms. The number of anilines is 1. The number of aryl methyl sites for hydroxylation is 1. The molecule has 0 saturated carbocycles. The normalized spacial score (nSPS) is 9.53. The van der Waals surface area contributed by atoms with Gasteiger partial charge in [-0.05, 0) is 40.5 Å². The summed E-state index contributed by atoms with van der Waals surface area (Å²) in [6, 6.07) is 5.40. The summed E-state index contributed by atoms with van der Waals surface area (Å²) in [7, 11) is 0. The first kappa shape index (κ1) is 11.7. The first-order valence-corrected chi connectivity index (χ1v) is 4.92. The SMILES string of the molecule is Cc1ccc(Br)c(NC(=O)C(=O)NN)c1. The summed E-state index contributed by atoms with van der Waals surface area (Å²) < 4.78 is 0.700. The minimum atomic E-state index is -0.886. The monoisotopic (exact) mass is 271 g/mol. The number of hydrazine groups is 1.